The molecule has 0 aromatic heterocycles. The summed E-state index contributed by atoms with van der Waals surface area (Å²) in [6.45, 7) is -0.501. The van der Waals surface area contributed by atoms with Crippen molar-refractivity contribution in [3.63, 3.8) is 0 Å². The summed E-state index contributed by atoms with van der Waals surface area (Å²) < 4.78 is 41.5. The van der Waals surface area contributed by atoms with Gasteiger partial charge in [0.05, 0.1) is 16.3 Å². The highest BCUT2D eigenvalue weighted by Crippen LogP contribution is 2.27. The highest BCUT2D eigenvalue weighted by atomic mass is 32.2. The summed E-state index contributed by atoms with van der Waals surface area (Å²) in [6.07, 6.45) is 3.77. The number of sulfonamides is 1. The molecule has 0 unspecified atom stereocenters. The second-order valence-electron chi connectivity index (χ2n) is 6.42. The lowest BCUT2D eigenvalue weighted by Crippen LogP contribution is -2.38. The molecular formula is C22H21FN2O3S3. The number of anilines is 2. The van der Waals surface area contributed by atoms with Gasteiger partial charge >= 0.3 is 0 Å². The van der Waals surface area contributed by atoms with E-state index in [1.165, 1.54) is 53.9 Å². The number of nitrogens with one attached hydrogen (secondary N) is 1. The normalized spacial score (nSPS) is 11.2. The van der Waals surface area contributed by atoms with Crippen LogP contribution < -0.4 is 9.62 Å². The van der Waals surface area contributed by atoms with Crippen molar-refractivity contribution in [2.75, 3.05) is 28.7 Å². The van der Waals surface area contributed by atoms with E-state index in [2.05, 4.69) is 5.32 Å². The maximum absolute atomic E-state index is 13.9. The molecule has 0 bridgehead atoms. The van der Waals surface area contributed by atoms with Crippen molar-refractivity contribution in [2.45, 2.75) is 14.7 Å². The van der Waals surface area contributed by atoms with Crippen molar-refractivity contribution in [1.29, 1.82) is 0 Å². The molecule has 1 amide bonds. The van der Waals surface area contributed by atoms with Gasteiger partial charge in [0.2, 0.25) is 5.91 Å². The van der Waals surface area contributed by atoms with Crippen LogP contribution in [-0.2, 0) is 14.8 Å². The van der Waals surface area contributed by atoms with E-state index in [9.17, 15) is 17.6 Å². The Hall–Kier alpha value is -2.49. The molecule has 0 saturated carbocycles. The number of hydrogen-bond acceptors (Lipinski definition) is 5. The van der Waals surface area contributed by atoms with Crippen LogP contribution in [0.15, 0.2) is 87.5 Å². The van der Waals surface area contributed by atoms with E-state index in [1.54, 1.807) is 24.3 Å². The average molecular weight is 477 g/mol. The molecule has 0 radical (unpaired) electrons. The number of hydrogen-bond donors (Lipinski definition) is 1. The first-order valence-electron chi connectivity index (χ1n) is 9.20. The van der Waals surface area contributed by atoms with Gasteiger partial charge in [-0.1, -0.05) is 18.2 Å². The highest BCUT2D eigenvalue weighted by molar-refractivity contribution is 7.99. The smallest absolute Gasteiger partial charge is 0.264 e. The maximum atomic E-state index is 13.9. The maximum Gasteiger partial charge on any atom is 0.264 e. The van der Waals surface area contributed by atoms with E-state index in [-0.39, 0.29) is 10.6 Å². The van der Waals surface area contributed by atoms with Gasteiger partial charge in [-0.2, -0.15) is 0 Å². The molecule has 3 aromatic rings. The van der Waals surface area contributed by atoms with E-state index in [0.29, 0.717) is 5.69 Å². The van der Waals surface area contributed by atoms with Crippen LogP contribution in [0.1, 0.15) is 0 Å². The lowest BCUT2D eigenvalue weighted by Gasteiger charge is -2.24. The molecule has 0 fully saturated rings. The fourth-order valence-electron chi connectivity index (χ4n) is 2.89. The first kappa shape index (κ1) is 23.2. The van der Waals surface area contributed by atoms with Crippen LogP contribution in [0.4, 0.5) is 15.8 Å². The molecule has 9 heteroatoms. The standard InChI is InChI=1S/C22H21FN2O3S3/c1-29-18-10-12-19(13-11-18)31(27,28)25(17-7-5-6-16(23)14-17)15-22(26)24-20-8-3-4-9-21(20)30-2/h3-14H,15H2,1-2H3,(H,24,26). The molecule has 5 nitrogen and oxygen atoms in total. The average Bonchev–Trinajstić information content (AvgIpc) is 2.77. The van der Waals surface area contributed by atoms with Gasteiger partial charge in [-0.3, -0.25) is 9.10 Å². The molecule has 3 aromatic carbocycles. The number of nitrogens with zero attached hydrogens (tertiary/aromatic N) is 1. The van der Waals surface area contributed by atoms with E-state index in [4.69, 9.17) is 0 Å². The number of benzene rings is 3. The number of rotatable bonds is 8. The third-order valence-electron chi connectivity index (χ3n) is 4.41. The topological polar surface area (TPSA) is 66.5 Å². The van der Waals surface area contributed by atoms with Crippen LogP contribution in [-0.4, -0.2) is 33.4 Å². The largest absolute Gasteiger partial charge is 0.323 e. The van der Waals surface area contributed by atoms with Crippen LogP contribution in [0.5, 0.6) is 0 Å². The minimum Gasteiger partial charge on any atom is -0.323 e. The van der Waals surface area contributed by atoms with E-state index in [1.807, 2.05) is 24.6 Å². The molecule has 0 aliphatic carbocycles. The molecule has 1 N–H and O–H groups in total. The highest BCUT2D eigenvalue weighted by Gasteiger charge is 2.27. The summed E-state index contributed by atoms with van der Waals surface area (Å²) in [7, 11) is -4.11. The Morgan fingerprint density at radius 1 is 0.968 bits per heavy atom. The minimum absolute atomic E-state index is 0.0203. The monoisotopic (exact) mass is 476 g/mol. The number of carbonyl (C=O) groups is 1. The van der Waals surface area contributed by atoms with Crippen LogP contribution >= 0.6 is 23.5 Å². The zero-order valence-corrected chi connectivity index (χ0v) is 19.4. The van der Waals surface area contributed by atoms with Gasteiger partial charge in [-0.15, -0.1) is 23.5 Å². The van der Waals surface area contributed by atoms with Gasteiger partial charge in [-0.25, -0.2) is 12.8 Å². The van der Waals surface area contributed by atoms with Crippen molar-refractivity contribution >= 4 is 50.8 Å². The molecule has 0 heterocycles. The number of carbonyl (C=O) groups excluding carboxylic acids is 1. The molecule has 0 saturated heterocycles. The predicted molar refractivity (Wildman–Crippen MR) is 126 cm³/mol. The van der Waals surface area contributed by atoms with Gasteiger partial charge in [0.25, 0.3) is 10.0 Å². The lowest BCUT2D eigenvalue weighted by molar-refractivity contribution is -0.114. The molecule has 0 spiro atoms. The fourth-order valence-corrected chi connectivity index (χ4v) is 5.26. The first-order valence-corrected chi connectivity index (χ1v) is 13.1. The number of amides is 1. The van der Waals surface area contributed by atoms with Gasteiger partial charge < -0.3 is 5.32 Å². The zero-order valence-electron chi connectivity index (χ0n) is 16.9. The van der Waals surface area contributed by atoms with Crippen LogP contribution in [0.3, 0.4) is 0 Å². The third-order valence-corrected chi connectivity index (χ3v) is 7.74. The summed E-state index contributed by atoms with van der Waals surface area (Å²) in [5.41, 5.74) is 0.656. The molecule has 31 heavy (non-hydrogen) atoms. The second-order valence-corrected chi connectivity index (χ2v) is 10.0. The van der Waals surface area contributed by atoms with Gasteiger partial charge in [0.1, 0.15) is 12.4 Å². The van der Waals surface area contributed by atoms with Gasteiger partial charge in [-0.05, 0) is 67.1 Å². The van der Waals surface area contributed by atoms with Crippen molar-refractivity contribution < 1.29 is 17.6 Å². The van der Waals surface area contributed by atoms with Crippen molar-refractivity contribution in [3.8, 4) is 0 Å². The Morgan fingerprint density at radius 3 is 2.32 bits per heavy atom. The van der Waals surface area contributed by atoms with E-state index in [0.717, 1.165) is 20.2 Å². The summed E-state index contributed by atoms with van der Waals surface area (Å²) in [5.74, 6) is -1.13. The zero-order chi connectivity index (χ0) is 22.4. The Morgan fingerprint density at radius 2 is 1.68 bits per heavy atom. The number of halogens is 1. The van der Waals surface area contributed by atoms with Crippen molar-refractivity contribution in [2.24, 2.45) is 0 Å². The predicted octanol–water partition coefficient (Wildman–Crippen LogP) is 5.10. The third kappa shape index (κ3) is 5.61. The van der Waals surface area contributed by atoms with Crippen LogP contribution in [0.25, 0.3) is 0 Å². The first-order chi connectivity index (χ1) is 14.8. The molecule has 0 aliphatic rings. The Balaban J connectivity index is 1.95. The lowest BCUT2D eigenvalue weighted by atomic mass is 10.3. The van der Waals surface area contributed by atoms with E-state index >= 15 is 0 Å². The Bertz CT molecular complexity index is 1170. The summed E-state index contributed by atoms with van der Waals surface area (Å²) in [4.78, 5) is 14.6. The summed E-state index contributed by atoms with van der Waals surface area (Å²) >= 11 is 2.95. The molecule has 0 atom stereocenters. The summed E-state index contributed by atoms with van der Waals surface area (Å²) in [5, 5.41) is 2.76. The molecular weight excluding hydrogens is 455 g/mol. The summed E-state index contributed by atoms with van der Waals surface area (Å²) in [6, 6.07) is 18.8. The Kier molecular flexibility index (Phi) is 7.64. The van der Waals surface area contributed by atoms with Crippen molar-refractivity contribution in [1.82, 2.24) is 0 Å². The van der Waals surface area contributed by atoms with E-state index < -0.39 is 28.3 Å². The second kappa shape index (κ2) is 10.2. The molecule has 0 aliphatic heterocycles. The quantitative estimate of drug-likeness (QED) is 0.458. The number of para-hydroxylation sites is 1. The van der Waals surface area contributed by atoms with Gasteiger partial charge in [0.15, 0.2) is 0 Å². The molecule has 3 rings (SSSR count). The van der Waals surface area contributed by atoms with Crippen LogP contribution in [0.2, 0.25) is 0 Å². The molecule has 162 valence electrons. The SMILES string of the molecule is CSc1ccc(S(=O)(=O)N(CC(=O)Nc2ccccc2SC)c2cccc(F)c2)cc1. The number of thioether (sulfide) groups is 2. The van der Waals surface area contributed by atoms with Crippen LogP contribution in [0, 0.1) is 5.82 Å². The van der Waals surface area contributed by atoms with Gasteiger partial charge in [0, 0.05) is 9.79 Å². The Labute approximate surface area is 190 Å². The van der Waals surface area contributed by atoms with Crippen molar-refractivity contribution in [3.05, 3.63) is 78.6 Å². The fraction of sp³-hybridized carbons (Fsp3) is 0.136. The minimum atomic E-state index is -4.11.